The van der Waals surface area contributed by atoms with Crippen molar-refractivity contribution in [1.29, 1.82) is 0 Å². The zero-order chi connectivity index (χ0) is 14.9. The molecule has 0 unspecified atom stereocenters. The zero-order valence-corrected chi connectivity index (χ0v) is 13.4. The van der Waals surface area contributed by atoms with Crippen LogP contribution in [0.2, 0.25) is 0 Å². The van der Waals surface area contributed by atoms with Crippen LogP contribution in [0.5, 0.6) is 0 Å². The fourth-order valence-corrected chi connectivity index (χ4v) is 3.03. The van der Waals surface area contributed by atoms with Crippen molar-refractivity contribution in [3.8, 4) is 0 Å². The van der Waals surface area contributed by atoms with Crippen LogP contribution in [0.25, 0.3) is 0 Å². The summed E-state index contributed by atoms with van der Waals surface area (Å²) in [5.41, 5.74) is 7.29. The molecule has 3 rings (SSSR count). The van der Waals surface area contributed by atoms with E-state index in [-0.39, 0.29) is 5.41 Å². The number of hydrogen-bond acceptors (Lipinski definition) is 1. The average molecular weight is 279 g/mol. The van der Waals surface area contributed by atoms with Gasteiger partial charge in [0, 0.05) is 12.2 Å². The number of aryl methyl sites for hydroxylation is 2. The van der Waals surface area contributed by atoms with E-state index in [4.69, 9.17) is 0 Å². The molecule has 0 bridgehead atoms. The normalized spacial score (nSPS) is 14.0. The predicted molar refractivity (Wildman–Crippen MR) is 90.9 cm³/mol. The summed E-state index contributed by atoms with van der Waals surface area (Å²) in [7, 11) is 0. The van der Waals surface area contributed by atoms with Crippen LogP contribution in [0.3, 0.4) is 0 Å². The maximum atomic E-state index is 3.53. The summed E-state index contributed by atoms with van der Waals surface area (Å²) in [5.74, 6) is 0. The quantitative estimate of drug-likeness (QED) is 0.825. The molecule has 21 heavy (non-hydrogen) atoms. The van der Waals surface area contributed by atoms with Crippen molar-refractivity contribution in [3.05, 3.63) is 64.7 Å². The minimum absolute atomic E-state index is 0.221. The van der Waals surface area contributed by atoms with E-state index in [0.717, 1.165) is 6.54 Å². The highest BCUT2D eigenvalue weighted by molar-refractivity contribution is 5.47. The van der Waals surface area contributed by atoms with Gasteiger partial charge in [0.1, 0.15) is 0 Å². The molecule has 0 fully saturated rings. The van der Waals surface area contributed by atoms with E-state index in [2.05, 4.69) is 68.6 Å². The van der Waals surface area contributed by atoms with Crippen LogP contribution in [0.15, 0.2) is 42.5 Å². The Morgan fingerprint density at radius 2 is 1.62 bits per heavy atom. The number of nitrogens with one attached hydrogen (secondary N) is 1. The highest BCUT2D eigenvalue weighted by Crippen LogP contribution is 2.25. The maximum absolute atomic E-state index is 3.53. The van der Waals surface area contributed by atoms with Gasteiger partial charge < -0.3 is 5.32 Å². The molecule has 0 atom stereocenters. The molecule has 2 aromatic rings. The van der Waals surface area contributed by atoms with Crippen molar-refractivity contribution in [2.45, 2.75) is 52.0 Å². The van der Waals surface area contributed by atoms with Crippen LogP contribution in [-0.2, 0) is 24.8 Å². The fraction of sp³-hybridized carbons (Fsp3) is 0.400. The van der Waals surface area contributed by atoms with Crippen LogP contribution in [0.4, 0.5) is 5.69 Å². The highest BCUT2D eigenvalue weighted by Gasteiger charge is 2.13. The third-order valence-corrected chi connectivity index (χ3v) is 4.41. The Kier molecular flexibility index (Phi) is 3.75. The van der Waals surface area contributed by atoms with Crippen molar-refractivity contribution < 1.29 is 0 Å². The molecule has 0 heterocycles. The average Bonchev–Trinajstić information content (AvgIpc) is 2.92. The summed E-state index contributed by atoms with van der Waals surface area (Å²) < 4.78 is 0. The topological polar surface area (TPSA) is 12.0 Å². The van der Waals surface area contributed by atoms with Crippen LogP contribution in [0, 0.1) is 0 Å². The lowest BCUT2D eigenvalue weighted by molar-refractivity contribution is 0.590. The summed E-state index contributed by atoms with van der Waals surface area (Å²) in [6.07, 6.45) is 3.83. The Hall–Kier alpha value is -1.76. The van der Waals surface area contributed by atoms with Crippen molar-refractivity contribution in [2.24, 2.45) is 0 Å². The van der Waals surface area contributed by atoms with Gasteiger partial charge in [-0.25, -0.2) is 0 Å². The molecular weight excluding hydrogens is 254 g/mol. The first-order valence-electron chi connectivity index (χ1n) is 7.97. The van der Waals surface area contributed by atoms with Crippen molar-refractivity contribution in [3.63, 3.8) is 0 Å². The lowest BCUT2D eigenvalue weighted by Gasteiger charge is -2.19. The van der Waals surface area contributed by atoms with Gasteiger partial charge in [0.25, 0.3) is 0 Å². The van der Waals surface area contributed by atoms with Gasteiger partial charge in [-0.3, -0.25) is 0 Å². The Morgan fingerprint density at radius 1 is 0.905 bits per heavy atom. The minimum Gasteiger partial charge on any atom is -0.381 e. The highest BCUT2D eigenvalue weighted by atomic mass is 14.9. The first-order chi connectivity index (χ1) is 10.0. The van der Waals surface area contributed by atoms with Crippen LogP contribution in [0.1, 0.15) is 49.4 Å². The Bertz CT molecular complexity index is 617. The molecule has 1 aliphatic rings. The predicted octanol–water partition coefficient (Wildman–Crippen LogP) is 5.08. The Labute approximate surface area is 128 Å². The van der Waals surface area contributed by atoms with Crippen molar-refractivity contribution in [1.82, 2.24) is 0 Å². The lowest BCUT2D eigenvalue weighted by atomic mass is 9.87. The van der Waals surface area contributed by atoms with Gasteiger partial charge in [-0.1, -0.05) is 51.1 Å². The van der Waals surface area contributed by atoms with Crippen LogP contribution >= 0.6 is 0 Å². The molecule has 0 spiro atoms. The Morgan fingerprint density at radius 3 is 2.33 bits per heavy atom. The molecule has 0 saturated carbocycles. The molecule has 0 radical (unpaired) electrons. The smallest absolute Gasteiger partial charge is 0.0400 e. The maximum Gasteiger partial charge on any atom is 0.0400 e. The second kappa shape index (κ2) is 5.55. The van der Waals surface area contributed by atoms with Gasteiger partial charge in [-0.15, -0.1) is 0 Å². The number of hydrogen-bond donors (Lipinski definition) is 1. The number of benzene rings is 2. The summed E-state index contributed by atoms with van der Waals surface area (Å²) in [6.45, 7) is 7.65. The largest absolute Gasteiger partial charge is 0.381 e. The third kappa shape index (κ3) is 3.29. The van der Waals surface area contributed by atoms with Crippen molar-refractivity contribution >= 4 is 5.69 Å². The monoisotopic (exact) mass is 279 g/mol. The van der Waals surface area contributed by atoms with Gasteiger partial charge in [-0.2, -0.15) is 0 Å². The number of anilines is 1. The second-order valence-corrected chi connectivity index (χ2v) is 7.14. The van der Waals surface area contributed by atoms with Gasteiger partial charge in [-0.05, 0) is 59.1 Å². The van der Waals surface area contributed by atoms with Gasteiger partial charge in [0.2, 0.25) is 0 Å². The fourth-order valence-electron chi connectivity index (χ4n) is 3.03. The van der Waals surface area contributed by atoms with E-state index in [1.807, 2.05) is 0 Å². The summed E-state index contributed by atoms with van der Waals surface area (Å²) in [4.78, 5) is 0. The zero-order valence-electron chi connectivity index (χ0n) is 13.4. The summed E-state index contributed by atoms with van der Waals surface area (Å²) in [5, 5.41) is 3.53. The third-order valence-electron chi connectivity index (χ3n) is 4.41. The molecular formula is C20H25N. The Balaban J connectivity index is 1.65. The minimum atomic E-state index is 0.221. The molecule has 0 saturated heterocycles. The van der Waals surface area contributed by atoms with E-state index >= 15 is 0 Å². The molecule has 0 amide bonds. The molecule has 1 nitrogen and oxygen atoms in total. The number of fused-ring (bicyclic) bond motifs is 1. The van der Waals surface area contributed by atoms with Crippen LogP contribution < -0.4 is 5.32 Å². The lowest BCUT2D eigenvalue weighted by Crippen LogP contribution is -2.10. The second-order valence-electron chi connectivity index (χ2n) is 7.14. The number of rotatable bonds is 3. The molecule has 110 valence electrons. The van der Waals surface area contributed by atoms with E-state index in [1.165, 1.54) is 36.1 Å². The van der Waals surface area contributed by atoms with Crippen LogP contribution in [-0.4, -0.2) is 0 Å². The summed E-state index contributed by atoms with van der Waals surface area (Å²) >= 11 is 0. The molecule has 1 aliphatic carbocycles. The molecule has 0 aliphatic heterocycles. The molecule has 1 N–H and O–H groups in total. The standard InChI is InChI=1S/C20H25N/c1-20(2,3)18-9-11-19(12-10-18)21-14-15-7-8-16-5-4-6-17(16)13-15/h7-13,21H,4-6,14H2,1-3H3. The van der Waals surface area contributed by atoms with Gasteiger partial charge in [0.15, 0.2) is 0 Å². The summed E-state index contributed by atoms with van der Waals surface area (Å²) in [6, 6.07) is 15.8. The molecule has 0 aromatic heterocycles. The first kappa shape index (κ1) is 14.2. The van der Waals surface area contributed by atoms with E-state index in [0.29, 0.717) is 0 Å². The van der Waals surface area contributed by atoms with Gasteiger partial charge >= 0.3 is 0 Å². The van der Waals surface area contributed by atoms with E-state index < -0.39 is 0 Å². The molecule has 2 aromatic carbocycles. The first-order valence-corrected chi connectivity index (χ1v) is 7.97. The van der Waals surface area contributed by atoms with E-state index in [1.54, 1.807) is 11.1 Å². The molecule has 1 heteroatoms. The SMILES string of the molecule is CC(C)(C)c1ccc(NCc2ccc3c(c2)CCC3)cc1. The van der Waals surface area contributed by atoms with Crippen molar-refractivity contribution in [2.75, 3.05) is 5.32 Å². The van der Waals surface area contributed by atoms with Gasteiger partial charge in [0.05, 0.1) is 0 Å². The van der Waals surface area contributed by atoms with E-state index in [9.17, 15) is 0 Å².